The summed E-state index contributed by atoms with van der Waals surface area (Å²) in [4.78, 5) is 57.6. The van der Waals surface area contributed by atoms with Gasteiger partial charge < -0.3 is 43.9 Å². The molecule has 1 saturated carbocycles. The number of aliphatic hydroxyl groups excluding tert-OH is 2. The van der Waals surface area contributed by atoms with Crippen molar-refractivity contribution in [2.75, 3.05) is 27.9 Å². The zero-order valence-electron chi connectivity index (χ0n) is 35.1. The molecule has 2 unspecified atom stereocenters. The van der Waals surface area contributed by atoms with E-state index >= 15 is 0 Å². The second kappa shape index (κ2) is 20.4. The third-order valence-corrected chi connectivity index (χ3v) is 12.9. The fraction of sp³-hybridized carbons (Fsp3) is 0.814. The van der Waals surface area contributed by atoms with Gasteiger partial charge in [0.15, 0.2) is 0 Å². The summed E-state index contributed by atoms with van der Waals surface area (Å²) in [7, 11) is 4.63. The number of allylic oxidation sites excluding steroid dienone is 3. The second-order valence-electron chi connectivity index (χ2n) is 17.2. The Hall–Kier alpha value is -2.52. The molecule has 1 aliphatic carbocycles. The number of hydrogen-bond acceptors (Lipinski definition) is 12. The highest BCUT2D eigenvalue weighted by atomic mass is 16.7. The highest BCUT2D eigenvalue weighted by Crippen LogP contribution is 2.39. The summed E-state index contributed by atoms with van der Waals surface area (Å²) in [6, 6.07) is -1.13. The minimum Gasteiger partial charge on any atom is -0.456 e. The van der Waals surface area contributed by atoms with Crippen LogP contribution >= 0.6 is 0 Å². The van der Waals surface area contributed by atoms with Crippen molar-refractivity contribution >= 4 is 23.4 Å². The first-order valence-corrected chi connectivity index (χ1v) is 20.8. The van der Waals surface area contributed by atoms with Gasteiger partial charge in [0.2, 0.25) is 5.79 Å². The number of carbonyl (C=O) groups excluding carboxylic acids is 4. The Labute approximate surface area is 333 Å². The lowest BCUT2D eigenvalue weighted by atomic mass is 9.81. The fourth-order valence-corrected chi connectivity index (χ4v) is 9.39. The molecule has 318 valence electrons. The second-order valence-corrected chi connectivity index (χ2v) is 17.2. The van der Waals surface area contributed by atoms with Crippen LogP contribution in [0.5, 0.6) is 0 Å². The molecule has 14 atom stereocenters. The predicted molar refractivity (Wildman–Crippen MR) is 208 cm³/mol. The van der Waals surface area contributed by atoms with Crippen molar-refractivity contribution in [1.29, 1.82) is 0 Å². The largest absolute Gasteiger partial charge is 0.456 e. The van der Waals surface area contributed by atoms with Crippen LogP contribution in [0.3, 0.4) is 0 Å². The van der Waals surface area contributed by atoms with Gasteiger partial charge in [0.25, 0.3) is 11.7 Å². The number of cyclic esters (lactones) is 1. The topological polar surface area (TPSA) is 178 Å². The van der Waals surface area contributed by atoms with Crippen molar-refractivity contribution in [3.8, 4) is 0 Å². The summed E-state index contributed by atoms with van der Waals surface area (Å²) < 4.78 is 29.7. The first kappa shape index (κ1) is 46.2. The number of piperidine rings is 1. The van der Waals surface area contributed by atoms with Gasteiger partial charge in [0, 0.05) is 52.0 Å². The van der Waals surface area contributed by atoms with Crippen LogP contribution in [0.1, 0.15) is 112 Å². The quantitative estimate of drug-likeness (QED) is 0.196. The number of Topliss-reactive ketones (excluding diaryl/α,β-unsaturated/α-hetero) is 2. The van der Waals surface area contributed by atoms with Crippen molar-refractivity contribution in [2.45, 2.75) is 167 Å². The number of hydrogen-bond donors (Lipinski definition) is 3. The lowest BCUT2D eigenvalue weighted by molar-refractivity contribution is -0.302. The van der Waals surface area contributed by atoms with Crippen LogP contribution in [-0.2, 0) is 42.9 Å². The number of esters is 1. The van der Waals surface area contributed by atoms with Crippen molar-refractivity contribution in [2.24, 2.45) is 29.6 Å². The van der Waals surface area contributed by atoms with Gasteiger partial charge >= 0.3 is 5.97 Å². The SMILES string of the molecule is CC[C@@H]1/C=C(/C)C[C@@H](C)C[C@H](OC)C2O[C@@](O)(C(=O)C(=O)N3CCCCC3C(=O)O[C@H](/C(C)=C/[C@@H]3CC[C@@H](O)[C@H](OC)C3)[C@H](C)[C@H](O)CC1=O)[C@H](C)C[C@@H]2OC. The van der Waals surface area contributed by atoms with E-state index in [2.05, 4.69) is 6.92 Å². The lowest BCUT2D eigenvalue weighted by Gasteiger charge is -2.47. The molecule has 3 N–H and O–H groups in total. The van der Waals surface area contributed by atoms with Crippen molar-refractivity contribution in [3.63, 3.8) is 0 Å². The maximum Gasteiger partial charge on any atom is 0.329 e. The molecule has 3 heterocycles. The Morgan fingerprint density at radius 2 is 1.57 bits per heavy atom. The molecule has 1 amide bonds. The highest BCUT2D eigenvalue weighted by molar-refractivity contribution is 6.39. The molecule has 0 aromatic carbocycles. The number of nitrogens with zero attached hydrogens (tertiary/aromatic N) is 1. The van der Waals surface area contributed by atoms with Gasteiger partial charge in [-0.1, -0.05) is 45.4 Å². The summed E-state index contributed by atoms with van der Waals surface area (Å²) in [5.74, 6) is -7.50. The number of fused-ring (bicyclic) bond motifs is 3. The average molecular weight is 792 g/mol. The minimum atomic E-state index is -2.50. The van der Waals surface area contributed by atoms with Gasteiger partial charge in [0.1, 0.15) is 24.0 Å². The summed E-state index contributed by atoms with van der Waals surface area (Å²) in [6.07, 6.45) is 3.72. The van der Waals surface area contributed by atoms with E-state index in [4.69, 9.17) is 23.7 Å². The zero-order valence-corrected chi connectivity index (χ0v) is 35.1. The summed E-state index contributed by atoms with van der Waals surface area (Å²) >= 11 is 0. The molecule has 3 fully saturated rings. The summed E-state index contributed by atoms with van der Waals surface area (Å²) in [5.41, 5.74) is 1.66. The van der Waals surface area contributed by atoms with Gasteiger partial charge in [-0.25, -0.2) is 4.79 Å². The molecule has 0 radical (unpaired) electrons. The van der Waals surface area contributed by atoms with Gasteiger partial charge in [-0.2, -0.15) is 0 Å². The van der Waals surface area contributed by atoms with Crippen LogP contribution in [-0.4, -0.2) is 126 Å². The van der Waals surface area contributed by atoms with E-state index in [1.807, 2.05) is 32.9 Å². The average Bonchev–Trinajstić information content (AvgIpc) is 3.18. The molecule has 4 aliphatic rings. The third-order valence-electron chi connectivity index (χ3n) is 12.9. The normalized spacial score (nSPS) is 41.6. The number of carbonyl (C=O) groups is 4. The van der Waals surface area contributed by atoms with Crippen molar-refractivity contribution in [1.82, 2.24) is 4.90 Å². The van der Waals surface area contributed by atoms with E-state index in [-0.39, 0.29) is 49.5 Å². The predicted octanol–water partition coefficient (Wildman–Crippen LogP) is 4.47. The minimum absolute atomic E-state index is 0.000914. The van der Waals surface area contributed by atoms with E-state index in [1.54, 1.807) is 21.0 Å². The molecule has 3 aliphatic heterocycles. The number of rotatable bonds is 6. The molecule has 4 rings (SSSR count). The van der Waals surface area contributed by atoms with Crippen molar-refractivity contribution < 1.29 is 58.2 Å². The summed E-state index contributed by atoms with van der Waals surface area (Å²) in [6.45, 7) is 11.3. The Balaban J connectivity index is 1.76. The van der Waals surface area contributed by atoms with Crippen molar-refractivity contribution in [3.05, 3.63) is 23.3 Å². The van der Waals surface area contributed by atoms with E-state index in [0.29, 0.717) is 56.9 Å². The zero-order chi connectivity index (χ0) is 41.5. The Morgan fingerprint density at radius 1 is 0.911 bits per heavy atom. The van der Waals surface area contributed by atoms with Crippen LogP contribution in [0.25, 0.3) is 0 Å². The number of ether oxygens (including phenoxy) is 5. The molecule has 0 aromatic rings. The molecular weight excluding hydrogens is 722 g/mol. The third kappa shape index (κ3) is 10.7. The summed E-state index contributed by atoms with van der Waals surface area (Å²) in [5, 5.41) is 34.1. The van der Waals surface area contributed by atoms with E-state index in [0.717, 1.165) is 5.57 Å². The first-order chi connectivity index (χ1) is 26.5. The molecule has 56 heavy (non-hydrogen) atoms. The molecule has 13 nitrogen and oxygen atoms in total. The Kier molecular flexibility index (Phi) is 16.9. The van der Waals surface area contributed by atoms with Crippen LogP contribution in [0.4, 0.5) is 0 Å². The van der Waals surface area contributed by atoms with E-state index in [1.165, 1.54) is 19.1 Å². The lowest BCUT2D eigenvalue weighted by Crippen LogP contribution is -2.64. The fourth-order valence-electron chi connectivity index (χ4n) is 9.39. The Bertz CT molecular complexity index is 1430. The highest BCUT2D eigenvalue weighted by Gasteiger charge is 2.56. The number of methoxy groups -OCH3 is 3. The number of ketones is 2. The smallest absolute Gasteiger partial charge is 0.329 e. The standard InChI is InChI=1S/C43H69NO12/c1-10-30-18-24(2)17-25(3)19-36(53-8)39-37(54-9)21-27(5)43(51,56-39)40(48)41(49)44-16-12-11-13-31(44)42(50)55-38(28(6)33(46)23-34(30)47)26(4)20-29-14-15-32(45)35(22-29)52-7/h18,20,25,27-33,35-39,45-46,51H,10-17,19,21-23H2,1-9H3/b24-18-,26-20+/t25-,27-,28-,29+,30-,31?,32-,33-,35-,36+,37+,38-,39?,43-/m1/s1. The van der Waals surface area contributed by atoms with Crippen LogP contribution in [0.15, 0.2) is 23.3 Å². The van der Waals surface area contributed by atoms with E-state index in [9.17, 15) is 34.5 Å². The molecule has 0 aromatic heterocycles. The number of amides is 1. The molecular formula is C43H69NO12. The first-order valence-electron chi connectivity index (χ1n) is 20.8. The monoisotopic (exact) mass is 791 g/mol. The molecule has 13 heteroatoms. The van der Waals surface area contributed by atoms with Gasteiger partial charge in [-0.15, -0.1) is 0 Å². The van der Waals surface area contributed by atoms with Crippen LogP contribution < -0.4 is 0 Å². The molecule has 0 spiro atoms. The maximum absolute atomic E-state index is 14.3. The number of aliphatic hydroxyl groups is 3. The Morgan fingerprint density at radius 3 is 2.21 bits per heavy atom. The van der Waals surface area contributed by atoms with Gasteiger partial charge in [0.05, 0.1) is 30.5 Å². The van der Waals surface area contributed by atoms with Gasteiger partial charge in [-0.05, 0) is 95.5 Å². The molecule has 2 bridgehead atoms. The maximum atomic E-state index is 14.3. The molecule has 2 saturated heterocycles. The van der Waals surface area contributed by atoms with Gasteiger partial charge in [-0.3, -0.25) is 14.4 Å². The van der Waals surface area contributed by atoms with E-state index < -0.39 is 83.9 Å². The van der Waals surface area contributed by atoms with Crippen LogP contribution in [0.2, 0.25) is 0 Å². The van der Waals surface area contributed by atoms with Crippen LogP contribution in [0, 0.1) is 29.6 Å².